The van der Waals surface area contributed by atoms with Crippen LogP contribution in [0.5, 0.6) is 11.5 Å². The fourth-order valence-electron chi connectivity index (χ4n) is 3.36. The van der Waals surface area contributed by atoms with E-state index in [1.807, 2.05) is 45.0 Å². The lowest BCUT2D eigenvalue weighted by Crippen LogP contribution is -2.33. The lowest BCUT2D eigenvalue weighted by atomic mass is 10.1. The van der Waals surface area contributed by atoms with Crippen molar-refractivity contribution in [2.24, 2.45) is 5.10 Å². The van der Waals surface area contributed by atoms with E-state index in [4.69, 9.17) is 14.2 Å². The summed E-state index contributed by atoms with van der Waals surface area (Å²) in [5.41, 5.74) is 4.77. The maximum atomic E-state index is 12.8. The number of thiophene rings is 1. The Balaban J connectivity index is 1.56. The third-order valence-corrected chi connectivity index (χ3v) is 6.59. The van der Waals surface area contributed by atoms with E-state index >= 15 is 0 Å². The lowest BCUT2D eigenvalue weighted by molar-refractivity contribution is -0.127. The van der Waals surface area contributed by atoms with Crippen molar-refractivity contribution < 1.29 is 28.6 Å². The van der Waals surface area contributed by atoms with E-state index in [1.54, 1.807) is 38.1 Å². The molecule has 0 aliphatic rings. The Morgan fingerprint density at radius 3 is 2.26 bits per heavy atom. The zero-order chi connectivity index (χ0) is 27.7. The number of esters is 1. The van der Waals surface area contributed by atoms with E-state index in [0.717, 1.165) is 21.8 Å². The quantitative estimate of drug-likeness (QED) is 0.200. The standard InChI is InChI=1S/C28H31N3O6S/c1-6-35-22-12-8-20(9-13-22)16-29-31-25(32)18(4)37-23-14-10-21(11-15-23)26(33)30-27-24(28(34)36-7-2)17(3)19(5)38-27/h8-16,18H,6-7H2,1-5H3,(H,30,33)(H,31,32)/b29-16-/t18-/m1/s1. The Hall–Kier alpha value is -4.18. The van der Waals surface area contributed by atoms with Gasteiger partial charge in [-0.1, -0.05) is 0 Å². The van der Waals surface area contributed by atoms with Crippen LogP contribution in [0.1, 0.15) is 57.5 Å². The van der Waals surface area contributed by atoms with E-state index in [9.17, 15) is 14.4 Å². The fourth-order valence-corrected chi connectivity index (χ4v) is 4.40. The first-order valence-corrected chi connectivity index (χ1v) is 13.0. The summed E-state index contributed by atoms with van der Waals surface area (Å²) in [5, 5.41) is 7.21. The summed E-state index contributed by atoms with van der Waals surface area (Å²) in [7, 11) is 0. The van der Waals surface area contributed by atoms with Gasteiger partial charge in [0.25, 0.3) is 11.8 Å². The summed E-state index contributed by atoms with van der Waals surface area (Å²) >= 11 is 1.32. The maximum absolute atomic E-state index is 12.8. The van der Waals surface area contributed by atoms with Crippen molar-refractivity contribution in [2.45, 2.75) is 40.7 Å². The van der Waals surface area contributed by atoms with Gasteiger partial charge >= 0.3 is 5.97 Å². The summed E-state index contributed by atoms with van der Waals surface area (Å²) in [4.78, 5) is 38.4. The van der Waals surface area contributed by atoms with Gasteiger partial charge in [0.1, 0.15) is 16.5 Å². The molecule has 3 aromatic rings. The molecule has 0 radical (unpaired) electrons. The number of hydrogen-bond acceptors (Lipinski definition) is 8. The van der Waals surface area contributed by atoms with Gasteiger partial charge in [-0.2, -0.15) is 5.10 Å². The summed E-state index contributed by atoms with van der Waals surface area (Å²) in [5.74, 6) is -0.0988. The van der Waals surface area contributed by atoms with Crippen LogP contribution >= 0.6 is 11.3 Å². The Morgan fingerprint density at radius 1 is 0.974 bits per heavy atom. The largest absolute Gasteiger partial charge is 0.494 e. The second kappa shape index (κ2) is 13.4. The smallest absolute Gasteiger partial charge is 0.341 e. The van der Waals surface area contributed by atoms with Crippen molar-refractivity contribution in [3.63, 3.8) is 0 Å². The van der Waals surface area contributed by atoms with Gasteiger partial charge in [-0.15, -0.1) is 11.3 Å². The molecule has 0 fully saturated rings. The Kier molecular flexibility index (Phi) is 10.0. The average Bonchev–Trinajstić information content (AvgIpc) is 3.18. The molecular weight excluding hydrogens is 506 g/mol. The molecule has 1 heterocycles. The Bertz CT molecular complexity index is 1300. The normalized spacial score (nSPS) is 11.6. The van der Waals surface area contributed by atoms with Gasteiger partial charge < -0.3 is 19.5 Å². The zero-order valence-electron chi connectivity index (χ0n) is 22.0. The predicted octanol–water partition coefficient (Wildman–Crippen LogP) is 5.11. The highest BCUT2D eigenvalue weighted by Crippen LogP contribution is 2.33. The van der Waals surface area contributed by atoms with E-state index in [0.29, 0.717) is 28.5 Å². The van der Waals surface area contributed by atoms with Crippen LogP contribution in [-0.4, -0.2) is 43.3 Å². The predicted molar refractivity (Wildman–Crippen MR) is 148 cm³/mol. The minimum Gasteiger partial charge on any atom is -0.494 e. The topological polar surface area (TPSA) is 115 Å². The van der Waals surface area contributed by atoms with Crippen LogP contribution in [0.4, 0.5) is 5.00 Å². The molecule has 1 aromatic heterocycles. The van der Waals surface area contributed by atoms with Gasteiger partial charge in [-0.25, -0.2) is 10.2 Å². The molecule has 0 spiro atoms. The van der Waals surface area contributed by atoms with Crippen molar-refractivity contribution in [3.05, 3.63) is 75.7 Å². The summed E-state index contributed by atoms with van der Waals surface area (Å²) in [6, 6.07) is 13.7. The molecule has 9 nitrogen and oxygen atoms in total. The number of hydrogen-bond donors (Lipinski definition) is 2. The van der Waals surface area contributed by atoms with Crippen molar-refractivity contribution in [1.29, 1.82) is 0 Å². The molecule has 200 valence electrons. The second-order valence-corrected chi connectivity index (χ2v) is 9.41. The number of anilines is 1. The minimum atomic E-state index is -0.823. The second-order valence-electron chi connectivity index (χ2n) is 8.18. The molecule has 0 saturated heterocycles. The van der Waals surface area contributed by atoms with Gasteiger partial charge in [0.2, 0.25) is 0 Å². The van der Waals surface area contributed by atoms with Gasteiger partial charge in [0.05, 0.1) is 25.0 Å². The number of carbonyl (C=O) groups excluding carboxylic acids is 3. The van der Waals surface area contributed by atoms with Crippen molar-refractivity contribution in [2.75, 3.05) is 18.5 Å². The SMILES string of the molecule is CCOC(=O)c1c(NC(=O)c2ccc(O[C@H](C)C(=O)N/N=C\c3ccc(OCC)cc3)cc2)sc(C)c1C. The van der Waals surface area contributed by atoms with E-state index in [2.05, 4.69) is 15.8 Å². The Morgan fingerprint density at radius 2 is 1.63 bits per heavy atom. The number of carbonyl (C=O) groups is 3. The summed E-state index contributed by atoms with van der Waals surface area (Å²) in [6.45, 7) is 9.78. The van der Waals surface area contributed by atoms with Crippen LogP contribution < -0.4 is 20.2 Å². The number of benzene rings is 2. The van der Waals surface area contributed by atoms with Crippen LogP contribution in [0.2, 0.25) is 0 Å². The molecule has 0 saturated carbocycles. The number of nitrogens with zero attached hydrogens (tertiary/aromatic N) is 1. The highest BCUT2D eigenvalue weighted by molar-refractivity contribution is 7.16. The molecule has 0 unspecified atom stereocenters. The lowest BCUT2D eigenvalue weighted by Gasteiger charge is -2.13. The van der Waals surface area contributed by atoms with E-state index in [-0.39, 0.29) is 12.5 Å². The zero-order valence-corrected chi connectivity index (χ0v) is 22.8. The number of aryl methyl sites for hydroxylation is 1. The Labute approximate surface area is 225 Å². The third-order valence-electron chi connectivity index (χ3n) is 5.47. The summed E-state index contributed by atoms with van der Waals surface area (Å²) in [6.07, 6.45) is 0.703. The molecule has 0 bridgehead atoms. The number of ether oxygens (including phenoxy) is 3. The number of nitrogens with one attached hydrogen (secondary N) is 2. The number of rotatable bonds is 11. The molecule has 2 N–H and O–H groups in total. The number of amides is 2. The molecule has 3 rings (SSSR count). The first-order valence-electron chi connectivity index (χ1n) is 12.1. The van der Waals surface area contributed by atoms with E-state index in [1.165, 1.54) is 17.6 Å². The van der Waals surface area contributed by atoms with E-state index < -0.39 is 18.0 Å². The van der Waals surface area contributed by atoms with Crippen LogP contribution in [0.15, 0.2) is 53.6 Å². The van der Waals surface area contributed by atoms with Crippen molar-refractivity contribution in [3.8, 4) is 11.5 Å². The average molecular weight is 538 g/mol. The van der Waals surface area contributed by atoms with Crippen LogP contribution in [0, 0.1) is 13.8 Å². The fraction of sp³-hybridized carbons (Fsp3) is 0.286. The molecule has 0 aliphatic heterocycles. The first-order chi connectivity index (χ1) is 18.2. The number of hydrazone groups is 1. The third kappa shape index (κ3) is 7.42. The van der Waals surface area contributed by atoms with Gasteiger partial charge in [0.15, 0.2) is 6.10 Å². The van der Waals surface area contributed by atoms with Gasteiger partial charge in [-0.05, 0) is 94.3 Å². The first kappa shape index (κ1) is 28.4. The van der Waals surface area contributed by atoms with Crippen molar-refractivity contribution >= 4 is 40.3 Å². The minimum absolute atomic E-state index is 0.244. The van der Waals surface area contributed by atoms with Crippen LogP contribution in [-0.2, 0) is 9.53 Å². The van der Waals surface area contributed by atoms with Gasteiger partial charge in [0, 0.05) is 10.4 Å². The maximum Gasteiger partial charge on any atom is 0.341 e. The molecule has 2 amide bonds. The van der Waals surface area contributed by atoms with Crippen LogP contribution in [0.25, 0.3) is 0 Å². The summed E-state index contributed by atoms with van der Waals surface area (Å²) < 4.78 is 16.2. The van der Waals surface area contributed by atoms with Crippen molar-refractivity contribution in [1.82, 2.24) is 5.43 Å². The molecule has 10 heteroatoms. The molecule has 2 aromatic carbocycles. The molecule has 1 atom stereocenters. The molecule has 0 aliphatic carbocycles. The highest BCUT2D eigenvalue weighted by Gasteiger charge is 2.22. The highest BCUT2D eigenvalue weighted by atomic mass is 32.1. The monoisotopic (exact) mass is 537 g/mol. The molecular formula is C28H31N3O6S. The van der Waals surface area contributed by atoms with Gasteiger partial charge in [-0.3, -0.25) is 9.59 Å². The molecule has 38 heavy (non-hydrogen) atoms. The van der Waals surface area contributed by atoms with Crippen LogP contribution in [0.3, 0.4) is 0 Å².